The molecule has 3 aromatic heterocycles. The average Bonchev–Trinajstić information content (AvgIpc) is 3.13. The largest absolute Gasteiger partial charge is 0.346 e. The van der Waals surface area contributed by atoms with Crippen molar-refractivity contribution in [3.63, 3.8) is 0 Å². The number of aromatic nitrogens is 4. The fourth-order valence-electron chi connectivity index (χ4n) is 2.57. The van der Waals surface area contributed by atoms with Crippen molar-refractivity contribution in [2.45, 2.75) is 40.3 Å². The van der Waals surface area contributed by atoms with E-state index in [2.05, 4.69) is 36.1 Å². The summed E-state index contributed by atoms with van der Waals surface area (Å²) in [7, 11) is 0. The second-order valence-electron chi connectivity index (χ2n) is 7.25. The third kappa shape index (κ3) is 3.48. The highest BCUT2D eigenvalue weighted by Crippen LogP contribution is 2.21. The molecule has 6 nitrogen and oxygen atoms in total. The van der Waals surface area contributed by atoms with Gasteiger partial charge in [-0.05, 0) is 30.0 Å². The van der Waals surface area contributed by atoms with E-state index in [4.69, 9.17) is 0 Å². The summed E-state index contributed by atoms with van der Waals surface area (Å²) >= 11 is 0. The number of aryl methyl sites for hydroxylation is 1. The van der Waals surface area contributed by atoms with Crippen molar-refractivity contribution in [1.29, 1.82) is 0 Å². The molecule has 3 rings (SSSR count). The van der Waals surface area contributed by atoms with Crippen LogP contribution >= 0.6 is 0 Å². The number of rotatable bonds is 4. The van der Waals surface area contributed by atoms with Gasteiger partial charge in [-0.2, -0.15) is 0 Å². The summed E-state index contributed by atoms with van der Waals surface area (Å²) in [6.07, 6.45) is 9.09. The van der Waals surface area contributed by atoms with E-state index in [0.29, 0.717) is 12.2 Å². The van der Waals surface area contributed by atoms with E-state index < -0.39 is 0 Å². The molecule has 0 unspecified atom stereocenters. The van der Waals surface area contributed by atoms with Crippen LogP contribution in [0.3, 0.4) is 0 Å². The molecule has 0 aromatic carbocycles. The average molecular weight is 325 g/mol. The third-order valence-corrected chi connectivity index (χ3v) is 4.15. The molecular formula is C18H23N5O. The minimum Gasteiger partial charge on any atom is -0.346 e. The van der Waals surface area contributed by atoms with Crippen molar-refractivity contribution in [2.24, 2.45) is 5.41 Å². The summed E-state index contributed by atoms with van der Waals surface area (Å²) in [6.45, 7) is 9.02. The molecule has 24 heavy (non-hydrogen) atoms. The number of hydrogen-bond donors (Lipinski definition) is 1. The highest BCUT2D eigenvalue weighted by atomic mass is 16.2. The van der Waals surface area contributed by atoms with Gasteiger partial charge < -0.3 is 14.3 Å². The van der Waals surface area contributed by atoms with E-state index in [0.717, 1.165) is 11.2 Å². The molecule has 3 aromatic rings. The molecule has 0 aliphatic heterocycles. The van der Waals surface area contributed by atoms with Crippen molar-refractivity contribution in [3.05, 3.63) is 54.5 Å². The Bertz CT molecular complexity index is 842. The van der Waals surface area contributed by atoms with Crippen LogP contribution in [0, 0.1) is 12.3 Å². The molecule has 0 aliphatic rings. The normalized spacial score (nSPS) is 13.2. The van der Waals surface area contributed by atoms with Gasteiger partial charge in [-0.15, -0.1) is 0 Å². The first-order valence-corrected chi connectivity index (χ1v) is 8.05. The van der Waals surface area contributed by atoms with Crippen molar-refractivity contribution < 1.29 is 4.79 Å². The zero-order valence-corrected chi connectivity index (χ0v) is 14.5. The molecule has 0 saturated heterocycles. The molecule has 0 fully saturated rings. The van der Waals surface area contributed by atoms with Gasteiger partial charge in [0.15, 0.2) is 0 Å². The zero-order chi connectivity index (χ0) is 17.3. The number of carbonyl (C=O) groups excluding carboxylic acids is 1. The van der Waals surface area contributed by atoms with Crippen molar-refractivity contribution in [3.8, 4) is 0 Å². The van der Waals surface area contributed by atoms with Gasteiger partial charge >= 0.3 is 0 Å². The van der Waals surface area contributed by atoms with Crippen molar-refractivity contribution in [1.82, 2.24) is 24.3 Å². The zero-order valence-electron chi connectivity index (χ0n) is 14.5. The molecule has 0 aliphatic carbocycles. The molecule has 0 bridgehead atoms. The first-order valence-electron chi connectivity index (χ1n) is 8.05. The summed E-state index contributed by atoms with van der Waals surface area (Å²) in [5.41, 5.74) is 2.24. The van der Waals surface area contributed by atoms with Gasteiger partial charge in [-0.3, -0.25) is 4.79 Å². The maximum absolute atomic E-state index is 12.7. The maximum Gasteiger partial charge on any atom is 0.271 e. The standard InChI is InChI=1S/C18H23N5O/c1-13-5-7-23-10-14(20-16(23)9-13)17(24)21-15(18(2,3)4)11-22-8-6-19-12-22/h5-10,12,15H,11H2,1-4H3,(H,21,24)/t15-/m1/s1. The molecule has 0 saturated carbocycles. The highest BCUT2D eigenvalue weighted by Gasteiger charge is 2.27. The van der Waals surface area contributed by atoms with Crippen molar-refractivity contribution in [2.75, 3.05) is 0 Å². The molecule has 0 radical (unpaired) electrons. The molecular weight excluding hydrogens is 302 g/mol. The number of nitrogens with one attached hydrogen (secondary N) is 1. The topological polar surface area (TPSA) is 64.2 Å². The number of nitrogens with zero attached hydrogens (tertiary/aromatic N) is 4. The number of amides is 1. The van der Waals surface area contributed by atoms with Gasteiger partial charge in [-0.25, -0.2) is 9.97 Å². The summed E-state index contributed by atoms with van der Waals surface area (Å²) in [4.78, 5) is 21.2. The first-order chi connectivity index (χ1) is 11.3. The Morgan fingerprint density at radius 1 is 1.33 bits per heavy atom. The SMILES string of the molecule is Cc1ccn2cc(C(=O)N[C@H](Cn3ccnc3)C(C)(C)C)nc2c1. The van der Waals surface area contributed by atoms with Crippen LogP contribution < -0.4 is 5.32 Å². The number of hydrogen-bond acceptors (Lipinski definition) is 3. The molecule has 126 valence electrons. The Hall–Kier alpha value is -2.63. The van der Waals surface area contributed by atoms with Gasteiger partial charge in [0.2, 0.25) is 0 Å². The van der Waals surface area contributed by atoms with Gasteiger partial charge in [0.25, 0.3) is 5.91 Å². The fraction of sp³-hybridized carbons (Fsp3) is 0.389. The molecule has 3 heterocycles. The predicted octanol–water partition coefficient (Wildman–Crippen LogP) is 2.68. The minimum absolute atomic E-state index is 0.0363. The van der Waals surface area contributed by atoms with Gasteiger partial charge in [-0.1, -0.05) is 20.8 Å². The molecule has 1 N–H and O–H groups in total. The predicted molar refractivity (Wildman–Crippen MR) is 92.9 cm³/mol. The maximum atomic E-state index is 12.7. The molecule has 0 spiro atoms. The van der Waals surface area contributed by atoms with Crippen LogP contribution in [0.5, 0.6) is 0 Å². The Balaban J connectivity index is 1.81. The van der Waals surface area contributed by atoms with Crippen LogP contribution in [0.2, 0.25) is 0 Å². The fourth-order valence-corrected chi connectivity index (χ4v) is 2.57. The molecule has 6 heteroatoms. The lowest BCUT2D eigenvalue weighted by molar-refractivity contribution is 0.0888. The smallest absolute Gasteiger partial charge is 0.271 e. The lowest BCUT2D eigenvalue weighted by Gasteiger charge is -2.31. The van der Waals surface area contributed by atoms with E-state index in [1.807, 2.05) is 40.4 Å². The van der Waals surface area contributed by atoms with E-state index in [1.54, 1.807) is 18.7 Å². The third-order valence-electron chi connectivity index (χ3n) is 4.15. The number of imidazole rings is 2. The van der Waals surface area contributed by atoms with E-state index >= 15 is 0 Å². The molecule has 1 atom stereocenters. The van der Waals surface area contributed by atoms with Gasteiger partial charge in [0, 0.05) is 31.3 Å². The monoisotopic (exact) mass is 325 g/mol. The second-order valence-corrected chi connectivity index (χ2v) is 7.25. The summed E-state index contributed by atoms with van der Waals surface area (Å²) in [5, 5.41) is 3.12. The quantitative estimate of drug-likeness (QED) is 0.802. The number of fused-ring (bicyclic) bond motifs is 1. The van der Waals surface area contributed by atoms with Crippen molar-refractivity contribution >= 4 is 11.6 Å². The van der Waals surface area contributed by atoms with E-state index in [-0.39, 0.29) is 17.4 Å². The Morgan fingerprint density at radius 2 is 2.12 bits per heavy atom. The van der Waals surface area contributed by atoms with Crippen LogP contribution in [0.1, 0.15) is 36.8 Å². The van der Waals surface area contributed by atoms with Crippen LogP contribution in [0.4, 0.5) is 0 Å². The Kier molecular flexibility index (Phi) is 4.13. The highest BCUT2D eigenvalue weighted by molar-refractivity contribution is 5.93. The lowest BCUT2D eigenvalue weighted by Crippen LogP contribution is -2.46. The summed E-state index contributed by atoms with van der Waals surface area (Å²) in [6, 6.07) is 3.92. The van der Waals surface area contributed by atoms with E-state index in [9.17, 15) is 4.79 Å². The summed E-state index contributed by atoms with van der Waals surface area (Å²) in [5.74, 6) is -0.156. The van der Waals surface area contributed by atoms with Crippen LogP contribution in [-0.4, -0.2) is 30.9 Å². The van der Waals surface area contributed by atoms with E-state index in [1.165, 1.54) is 0 Å². The Morgan fingerprint density at radius 3 is 2.79 bits per heavy atom. The minimum atomic E-state index is -0.156. The van der Waals surface area contributed by atoms with Crippen LogP contribution in [0.25, 0.3) is 5.65 Å². The lowest BCUT2D eigenvalue weighted by atomic mass is 9.86. The number of pyridine rings is 1. The summed E-state index contributed by atoms with van der Waals surface area (Å²) < 4.78 is 3.84. The second kappa shape index (κ2) is 6.11. The first kappa shape index (κ1) is 16.2. The van der Waals surface area contributed by atoms with Crippen LogP contribution in [-0.2, 0) is 6.54 Å². The van der Waals surface area contributed by atoms with Crippen LogP contribution in [0.15, 0.2) is 43.2 Å². The number of carbonyl (C=O) groups is 1. The van der Waals surface area contributed by atoms with Gasteiger partial charge in [0.05, 0.1) is 12.4 Å². The van der Waals surface area contributed by atoms with Gasteiger partial charge in [0.1, 0.15) is 11.3 Å². The Labute approximate surface area is 141 Å². The molecule has 1 amide bonds.